The van der Waals surface area contributed by atoms with Gasteiger partial charge in [-0.15, -0.1) is 0 Å². The number of benzene rings is 2. The van der Waals surface area contributed by atoms with Gasteiger partial charge in [-0.3, -0.25) is 0 Å². The molecule has 2 nitrogen and oxygen atoms in total. The molecule has 0 aliphatic carbocycles. The Hall–Kier alpha value is -1.58. The number of halogens is 2. The van der Waals surface area contributed by atoms with Crippen LogP contribution >= 0.6 is 11.6 Å². The van der Waals surface area contributed by atoms with Gasteiger partial charge in [-0.1, -0.05) is 35.9 Å². The third kappa shape index (κ3) is 3.46. The van der Waals surface area contributed by atoms with Crippen LogP contribution in [-0.4, -0.2) is 5.11 Å². The highest BCUT2D eigenvalue weighted by Gasteiger charge is 2.09. The van der Waals surface area contributed by atoms with Gasteiger partial charge in [-0.25, -0.2) is 4.39 Å². The van der Waals surface area contributed by atoms with Crippen LogP contribution in [0, 0.1) is 5.82 Å². The molecule has 100 valence electrons. The first-order valence-corrected chi connectivity index (χ1v) is 6.41. The van der Waals surface area contributed by atoms with Gasteiger partial charge in [0.2, 0.25) is 0 Å². The minimum atomic E-state index is -0.253. The summed E-state index contributed by atoms with van der Waals surface area (Å²) in [6.07, 6.45) is 0. The van der Waals surface area contributed by atoms with Crippen molar-refractivity contribution in [2.24, 2.45) is 0 Å². The van der Waals surface area contributed by atoms with Crippen LogP contribution in [-0.2, 0) is 6.54 Å². The zero-order valence-electron chi connectivity index (χ0n) is 10.5. The van der Waals surface area contributed by atoms with Crippen LogP contribution in [0.4, 0.5) is 4.39 Å². The summed E-state index contributed by atoms with van der Waals surface area (Å²) in [5, 5.41) is 13.3. The smallest absolute Gasteiger partial charge is 0.138 e. The van der Waals surface area contributed by atoms with Gasteiger partial charge in [0, 0.05) is 18.2 Å². The second-order valence-corrected chi connectivity index (χ2v) is 4.81. The van der Waals surface area contributed by atoms with E-state index in [2.05, 4.69) is 5.32 Å². The Morgan fingerprint density at radius 3 is 2.74 bits per heavy atom. The quantitative estimate of drug-likeness (QED) is 0.885. The van der Waals surface area contributed by atoms with Crippen LogP contribution in [0.2, 0.25) is 5.02 Å². The van der Waals surface area contributed by atoms with Gasteiger partial charge in [0.05, 0.1) is 5.02 Å². The van der Waals surface area contributed by atoms with E-state index in [1.165, 1.54) is 12.1 Å². The molecule has 0 heterocycles. The van der Waals surface area contributed by atoms with E-state index in [1.54, 1.807) is 24.3 Å². The van der Waals surface area contributed by atoms with E-state index in [0.29, 0.717) is 11.6 Å². The van der Waals surface area contributed by atoms with Crippen molar-refractivity contribution in [2.45, 2.75) is 19.5 Å². The summed E-state index contributed by atoms with van der Waals surface area (Å²) >= 11 is 5.84. The molecule has 1 atom stereocenters. The molecule has 2 rings (SSSR count). The molecule has 0 aliphatic heterocycles. The lowest BCUT2D eigenvalue weighted by Gasteiger charge is -2.15. The minimum absolute atomic E-state index is 0.0194. The first-order valence-electron chi connectivity index (χ1n) is 6.03. The summed E-state index contributed by atoms with van der Waals surface area (Å²) < 4.78 is 13.1. The molecule has 0 bridgehead atoms. The van der Waals surface area contributed by atoms with Gasteiger partial charge in [-0.2, -0.15) is 0 Å². The topological polar surface area (TPSA) is 32.3 Å². The van der Waals surface area contributed by atoms with E-state index in [1.807, 2.05) is 13.0 Å². The normalized spacial score (nSPS) is 12.4. The van der Waals surface area contributed by atoms with Gasteiger partial charge < -0.3 is 10.4 Å². The average Bonchev–Trinajstić information content (AvgIpc) is 2.40. The van der Waals surface area contributed by atoms with Crippen molar-refractivity contribution in [3.8, 4) is 5.75 Å². The molecule has 0 unspecified atom stereocenters. The second kappa shape index (κ2) is 6.04. The fourth-order valence-corrected chi connectivity index (χ4v) is 2.05. The molecular formula is C15H15ClFNO. The maximum absolute atomic E-state index is 13.1. The van der Waals surface area contributed by atoms with Gasteiger partial charge in [0.15, 0.2) is 0 Å². The number of rotatable bonds is 4. The summed E-state index contributed by atoms with van der Waals surface area (Å²) in [7, 11) is 0. The second-order valence-electron chi connectivity index (χ2n) is 4.41. The van der Waals surface area contributed by atoms with Crippen molar-refractivity contribution < 1.29 is 9.50 Å². The summed E-state index contributed by atoms with van der Waals surface area (Å²) in [6, 6.07) is 11.6. The zero-order valence-corrected chi connectivity index (χ0v) is 11.3. The van der Waals surface area contributed by atoms with E-state index in [-0.39, 0.29) is 17.6 Å². The van der Waals surface area contributed by atoms with E-state index < -0.39 is 0 Å². The summed E-state index contributed by atoms with van der Waals surface area (Å²) in [5.41, 5.74) is 1.58. The molecule has 0 radical (unpaired) electrons. The lowest BCUT2D eigenvalue weighted by Crippen LogP contribution is -2.18. The first-order chi connectivity index (χ1) is 9.08. The SMILES string of the molecule is C[C@H](NCc1cccc(Cl)c1O)c1cccc(F)c1. The van der Waals surface area contributed by atoms with Crippen molar-refractivity contribution in [1.82, 2.24) is 5.32 Å². The largest absolute Gasteiger partial charge is 0.506 e. The molecule has 0 spiro atoms. The Kier molecular flexibility index (Phi) is 4.40. The number of hydrogen-bond acceptors (Lipinski definition) is 2. The van der Waals surface area contributed by atoms with Crippen LogP contribution < -0.4 is 5.32 Å². The van der Waals surface area contributed by atoms with Crippen LogP contribution in [0.3, 0.4) is 0 Å². The highest BCUT2D eigenvalue weighted by Crippen LogP contribution is 2.27. The Bertz CT molecular complexity index is 574. The van der Waals surface area contributed by atoms with E-state index in [9.17, 15) is 9.50 Å². The summed E-state index contributed by atoms with van der Waals surface area (Å²) in [6.45, 7) is 2.40. The predicted molar refractivity (Wildman–Crippen MR) is 74.8 cm³/mol. The predicted octanol–water partition coefficient (Wildman–Crippen LogP) is 4.04. The molecule has 2 aromatic rings. The number of hydrogen-bond donors (Lipinski definition) is 2. The van der Waals surface area contributed by atoms with Gasteiger partial charge in [0.25, 0.3) is 0 Å². The first kappa shape index (κ1) is 13.8. The van der Waals surface area contributed by atoms with Crippen LogP contribution in [0.1, 0.15) is 24.1 Å². The molecule has 0 aliphatic rings. The Morgan fingerprint density at radius 2 is 2.00 bits per heavy atom. The minimum Gasteiger partial charge on any atom is -0.506 e. The fourth-order valence-electron chi connectivity index (χ4n) is 1.86. The number of para-hydroxylation sites is 1. The Balaban J connectivity index is 2.04. The Labute approximate surface area is 116 Å². The summed E-state index contributed by atoms with van der Waals surface area (Å²) in [4.78, 5) is 0. The third-order valence-corrected chi connectivity index (χ3v) is 3.32. The molecule has 0 fully saturated rings. The van der Waals surface area contributed by atoms with E-state index in [0.717, 1.165) is 11.1 Å². The zero-order chi connectivity index (χ0) is 13.8. The number of phenols is 1. The molecule has 2 N–H and O–H groups in total. The van der Waals surface area contributed by atoms with Crippen molar-refractivity contribution in [3.05, 3.63) is 64.4 Å². The van der Waals surface area contributed by atoms with Crippen LogP contribution in [0.5, 0.6) is 5.75 Å². The van der Waals surface area contributed by atoms with Gasteiger partial charge >= 0.3 is 0 Å². The standard InChI is InChI=1S/C15H15ClFNO/c1-10(11-4-2-6-13(17)8-11)18-9-12-5-3-7-14(16)15(12)19/h2-8,10,18-19H,9H2,1H3/t10-/m0/s1. The van der Waals surface area contributed by atoms with Crippen LogP contribution in [0.25, 0.3) is 0 Å². The van der Waals surface area contributed by atoms with Crippen LogP contribution in [0.15, 0.2) is 42.5 Å². The fraction of sp³-hybridized carbons (Fsp3) is 0.200. The average molecular weight is 280 g/mol. The molecule has 0 amide bonds. The molecule has 0 aromatic heterocycles. The monoisotopic (exact) mass is 279 g/mol. The van der Waals surface area contributed by atoms with Crippen molar-refractivity contribution in [1.29, 1.82) is 0 Å². The Morgan fingerprint density at radius 1 is 1.26 bits per heavy atom. The maximum Gasteiger partial charge on any atom is 0.138 e. The van der Waals surface area contributed by atoms with E-state index >= 15 is 0 Å². The summed E-state index contributed by atoms with van der Waals surface area (Å²) in [5.74, 6) is -0.167. The number of aromatic hydroxyl groups is 1. The third-order valence-electron chi connectivity index (χ3n) is 3.02. The molecular weight excluding hydrogens is 265 g/mol. The highest BCUT2D eigenvalue weighted by atomic mass is 35.5. The number of nitrogens with one attached hydrogen (secondary N) is 1. The lowest BCUT2D eigenvalue weighted by atomic mass is 10.1. The lowest BCUT2D eigenvalue weighted by molar-refractivity contribution is 0.460. The van der Waals surface area contributed by atoms with E-state index in [4.69, 9.17) is 11.6 Å². The molecule has 4 heteroatoms. The molecule has 19 heavy (non-hydrogen) atoms. The maximum atomic E-state index is 13.1. The van der Waals surface area contributed by atoms with Crippen molar-refractivity contribution in [2.75, 3.05) is 0 Å². The molecule has 0 saturated heterocycles. The highest BCUT2D eigenvalue weighted by molar-refractivity contribution is 6.32. The molecule has 0 saturated carbocycles. The van der Waals surface area contributed by atoms with Gasteiger partial charge in [0.1, 0.15) is 11.6 Å². The van der Waals surface area contributed by atoms with Crippen molar-refractivity contribution in [3.63, 3.8) is 0 Å². The van der Waals surface area contributed by atoms with Gasteiger partial charge in [-0.05, 0) is 30.7 Å². The van der Waals surface area contributed by atoms with Crippen molar-refractivity contribution >= 4 is 11.6 Å². The number of phenolic OH excluding ortho intramolecular Hbond substituents is 1. The molecule has 2 aromatic carbocycles.